The Labute approximate surface area is 124 Å². The van der Waals surface area contributed by atoms with Crippen LogP contribution in [0.15, 0.2) is 18.5 Å². The lowest BCUT2D eigenvalue weighted by molar-refractivity contribution is 0.506. The fourth-order valence-corrected chi connectivity index (χ4v) is 2.86. The number of aromatic nitrogens is 4. The van der Waals surface area contributed by atoms with Gasteiger partial charge in [0.25, 0.3) is 0 Å². The van der Waals surface area contributed by atoms with E-state index in [9.17, 15) is 5.26 Å². The van der Waals surface area contributed by atoms with E-state index < -0.39 is 0 Å². The summed E-state index contributed by atoms with van der Waals surface area (Å²) in [5.74, 6) is 0.718. The Balaban J connectivity index is 1.92. The molecule has 0 spiro atoms. The number of anilines is 1. The molecule has 0 bridgehead atoms. The zero-order valence-electron chi connectivity index (χ0n) is 12.3. The lowest BCUT2D eigenvalue weighted by Gasteiger charge is -2.26. The highest BCUT2D eigenvalue weighted by atomic mass is 15.3. The van der Waals surface area contributed by atoms with Crippen LogP contribution < -0.4 is 4.90 Å². The molecule has 21 heavy (non-hydrogen) atoms. The van der Waals surface area contributed by atoms with Gasteiger partial charge in [0.15, 0.2) is 5.82 Å². The number of hydrogen-bond acceptors (Lipinski definition) is 5. The summed E-state index contributed by atoms with van der Waals surface area (Å²) in [7, 11) is 0. The standard InChI is InChI=1S/C15H18N6/c1-11-12(2)18-19-15(14(11)9-16)21-8-3-5-13(21)10-20-7-4-6-17-20/h4,6-7,13H,3,5,8,10H2,1-2H3. The van der Waals surface area contributed by atoms with Crippen molar-refractivity contribution in [3.05, 3.63) is 35.3 Å². The summed E-state index contributed by atoms with van der Waals surface area (Å²) in [4.78, 5) is 2.21. The number of hydrogen-bond donors (Lipinski definition) is 0. The minimum atomic E-state index is 0.313. The van der Waals surface area contributed by atoms with E-state index in [1.807, 2.05) is 30.8 Å². The van der Waals surface area contributed by atoms with Gasteiger partial charge in [-0.2, -0.15) is 15.5 Å². The summed E-state index contributed by atoms with van der Waals surface area (Å²) >= 11 is 0. The van der Waals surface area contributed by atoms with Crippen LogP contribution in [-0.2, 0) is 6.54 Å². The van der Waals surface area contributed by atoms with E-state index in [0.29, 0.717) is 11.6 Å². The molecule has 0 radical (unpaired) electrons. The van der Waals surface area contributed by atoms with Crippen LogP contribution in [-0.4, -0.2) is 32.6 Å². The fraction of sp³-hybridized carbons (Fsp3) is 0.467. The summed E-state index contributed by atoms with van der Waals surface area (Å²) in [6.07, 6.45) is 5.94. The van der Waals surface area contributed by atoms with Gasteiger partial charge in [-0.25, -0.2) is 0 Å². The van der Waals surface area contributed by atoms with Crippen molar-refractivity contribution in [2.45, 2.75) is 39.3 Å². The third-order valence-corrected chi connectivity index (χ3v) is 4.15. The molecule has 1 aliphatic heterocycles. The molecule has 1 saturated heterocycles. The summed E-state index contributed by atoms with van der Waals surface area (Å²) < 4.78 is 1.93. The Morgan fingerprint density at radius 2 is 2.24 bits per heavy atom. The predicted octanol–water partition coefficient (Wildman–Crippen LogP) is 1.83. The highest BCUT2D eigenvalue weighted by Crippen LogP contribution is 2.29. The normalized spacial score (nSPS) is 18.0. The number of aryl methyl sites for hydroxylation is 1. The maximum atomic E-state index is 9.46. The molecule has 2 aromatic heterocycles. The molecule has 0 aliphatic carbocycles. The third kappa shape index (κ3) is 2.47. The number of rotatable bonds is 3. The Bertz CT molecular complexity index is 670. The highest BCUT2D eigenvalue weighted by Gasteiger charge is 2.29. The highest BCUT2D eigenvalue weighted by molar-refractivity contribution is 5.58. The van der Waals surface area contributed by atoms with Crippen molar-refractivity contribution in [2.75, 3.05) is 11.4 Å². The van der Waals surface area contributed by atoms with E-state index in [-0.39, 0.29) is 0 Å². The molecule has 0 saturated carbocycles. The van der Waals surface area contributed by atoms with E-state index in [1.54, 1.807) is 6.20 Å². The predicted molar refractivity (Wildman–Crippen MR) is 78.8 cm³/mol. The van der Waals surface area contributed by atoms with Gasteiger partial charge in [-0.15, -0.1) is 5.10 Å². The molecule has 0 aromatic carbocycles. The number of nitriles is 1. The molecule has 2 aromatic rings. The summed E-state index contributed by atoms with van der Waals surface area (Å²) in [6, 6.07) is 4.53. The first-order valence-electron chi connectivity index (χ1n) is 7.18. The van der Waals surface area contributed by atoms with E-state index in [2.05, 4.69) is 26.3 Å². The second kappa shape index (κ2) is 5.52. The van der Waals surface area contributed by atoms with Gasteiger partial charge in [0, 0.05) is 18.9 Å². The zero-order valence-corrected chi connectivity index (χ0v) is 12.3. The third-order valence-electron chi connectivity index (χ3n) is 4.15. The van der Waals surface area contributed by atoms with Gasteiger partial charge in [0.05, 0.1) is 18.3 Å². The average Bonchev–Trinajstić information content (AvgIpc) is 3.14. The molecule has 6 nitrogen and oxygen atoms in total. The van der Waals surface area contributed by atoms with E-state index >= 15 is 0 Å². The first-order valence-corrected chi connectivity index (χ1v) is 7.18. The quantitative estimate of drug-likeness (QED) is 0.859. The molecule has 0 N–H and O–H groups in total. The zero-order chi connectivity index (χ0) is 14.8. The molecule has 1 fully saturated rings. The molecular formula is C15H18N6. The minimum absolute atomic E-state index is 0.313. The summed E-state index contributed by atoms with van der Waals surface area (Å²) in [6.45, 7) is 5.55. The minimum Gasteiger partial charge on any atom is -0.349 e. The number of nitrogens with zero attached hydrogens (tertiary/aromatic N) is 6. The smallest absolute Gasteiger partial charge is 0.169 e. The monoisotopic (exact) mass is 282 g/mol. The van der Waals surface area contributed by atoms with E-state index in [4.69, 9.17) is 0 Å². The van der Waals surface area contributed by atoms with Crippen molar-refractivity contribution in [1.82, 2.24) is 20.0 Å². The fourth-order valence-electron chi connectivity index (χ4n) is 2.86. The van der Waals surface area contributed by atoms with Gasteiger partial charge in [-0.1, -0.05) is 0 Å². The van der Waals surface area contributed by atoms with Crippen molar-refractivity contribution >= 4 is 5.82 Å². The van der Waals surface area contributed by atoms with Crippen molar-refractivity contribution in [1.29, 1.82) is 5.26 Å². The molecule has 3 heterocycles. The molecule has 1 atom stereocenters. The van der Waals surface area contributed by atoms with Gasteiger partial charge >= 0.3 is 0 Å². The first kappa shape index (κ1) is 13.6. The lowest BCUT2D eigenvalue weighted by atomic mass is 10.1. The van der Waals surface area contributed by atoms with E-state index in [0.717, 1.165) is 43.0 Å². The van der Waals surface area contributed by atoms with Crippen LogP contribution in [0.5, 0.6) is 0 Å². The Hall–Kier alpha value is -2.42. The first-order chi connectivity index (χ1) is 10.2. The summed E-state index contributed by atoms with van der Waals surface area (Å²) in [5.41, 5.74) is 2.39. The SMILES string of the molecule is Cc1nnc(N2CCCC2Cn2cccn2)c(C#N)c1C. The lowest BCUT2D eigenvalue weighted by Crippen LogP contribution is -2.34. The largest absolute Gasteiger partial charge is 0.349 e. The van der Waals surface area contributed by atoms with Gasteiger partial charge in [-0.05, 0) is 38.3 Å². The van der Waals surface area contributed by atoms with Crippen molar-refractivity contribution in [2.24, 2.45) is 0 Å². The Morgan fingerprint density at radius 3 is 2.95 bits per heavy atom. The van der Waals surface area contributed by atoms with Crippen LogP contribution in [0, 0.1) is 25.2 Å². The Kier molecular flexibility index (Phi) is 3.57. The van der Waals surface area contributed by atoms with Crippen LogP contribution in [0.2, 0.25) is 0 Å². The maximum Gasteiger partial charge on any atom is 0.169 e. The van der Waals surface area contributed by atoms with Crippen LogP contribution in [0.25, 0.3) is 0 Å². The molecule has 3 rings (SSSR count). The molecule has 108 valence electrons. The van der Waals surface area contributed by atoms with Crippen molar-refractivity contribution in [3.8, 4) is 6.07 Å². The van der Waals surface area contributed by atoms with Crippen molar-refractivity contribution in [3.63, 3.8) is 0 Å². The summed E-state index contributed by atoms with van der Waals surface area (Å²) in [5, 5.41) is 22.2. The van der Waals surface area contributed by atoms with Crippen molar-refractivity contribution < 1.29 is 0 Å². The second-order valence-electron chi connectivity index (χ2n) is 5.44. The molecule has 1 aliphatic rings. The van der Waals surface area contributed by atoms with Crippen LogP contribution in [0.3, 0.4) is 0 Å². The van der Waals surface area contributed by atoms with Gasteiger partial charge in [0.2, 0.25) is 0 Å². The molecule has 1 unspecified atom stereocenters. The van der Waals surface area contributed by atoms with Gasteiger partial charge in [-0.3, -0.25) is 4.68 Å². The molecule has 6 heteroatoms. The average molecular weight is 282 g/mol. The van der Waals surface area contributed by atoms with Crippen LogP contribution in [0.1, 0.15) is 29.7 Å². The molecular weight excluding hydrogens is 264 g/mol. The maximum absolute atomic E-state index is 9.46. The van der Waals surface area contributed by atoms with E-state index in [1.165, 1.54) is 0 Å². The topological polar surface area (TPSA) is 70.6 Å². The van der Waals surface area contributed by atoms with Crippen LogP contribution >= 0.6 is 0 Å². The second-order valence-corrected chi connectivity index (χ2v) is 5.44. The Morgan fingerprint density at radius 1 is 1.38 bits per heavy atom. The molecule has 0 amide bonds. The van der Waals surface area contributed by atoms with Crippen LogP contribution in [0.4, 0.5) is 5.82 Å². The van der Waals surface area contributed by atoms with Gasteiger partial charge < -0.3 is 4.90 Å². The van der Waals surface area contributed by atoms with Gasteiger partial charge in [0.1, 0.15) is 11.6 Å².